The lowest BCUT2D eigenvalue weighted by Crippen LogP contribution is -2.22. The average molecular weight is 310 g/mol. The predicted octanol–water partition coefficient (Wildman–Crippen LogP) is 3.31. The molecule has 2 aromatic carbocycles. The van der Waals surface area contributed by atoms with Gasteiger partial charge < -0.3 is 14.3 Å². The SMILES string of the molecule is C[C@H](Oc1ccc(-c2cc3ccccc3oc2=O)cc1)C(=O)O. The molecule has 5 nitrogen and oxygen atoms in total. The molecule has 23 heavy (non-hydrogen) atoms. The maximum Gasteiger partial charge on any atom is 0.344 e. The monoisotopic (exact) mass is 310 g/mol. The van der Waals surface area contributed by atoms with Crippen molar-refractivity contribution in [1.82, 2.24) is 0 Å². The summed E-state index contributed by atoms with van der Waals surface area (Å²) in [5.74, 6) is -0.613. The Morgan fingerprint density at radius 2 is 1.83 bits per heavy atom. The smallest absolute Gasteiger partial charge is 0.344 e. The first-order valence-electron chi connectivity index (χ1n) is 7.07. The Hall–Kier alpha value is -3.08. The van der Waals surface area contributed by atoms with E-state index in [1.165, 1.54) is 6.92 Å². The van der Waals surface area contributed by atoms with Crippen molar-refractivity contribution in [3.63, 3.8) is 0 Å². The summed E-state index contributed by atoms with van der Waals surface area (Å²) >= 11 is 0. The van der Waals surface area contributed by atoms with Crippen LogP contribution in [0.5, 0.6) is 5.75 Å². The van der Waals surface area contributed by atoms with Crippen molar-refractivity contribution in [2.45, 2.75) is 13.0 Å². The highest BCUT2D eigenvalue weighted by Gasteiger charge is 2.13. The van der Waals surface area contributed by atoms with Crippen LogP contribution in [0.1, 0.15) is 6.92 Å². The largest absolute Gasteiger partial charge is 0.479 e. The summed E-state index contributed by atoms with van der Waals surface area (Å²) in [6, 6.07) is 15.7. The van der Waals surface area contributed by atoms with Crippen LogP contribution in [0.4, 0.5) is 0 Å². The molecule has 3 rings (SSSR count). The number of carboxylic acid groups (broad SMARTS) is 1. The number of ether oxygens (including phenoxy) is 1. The van der Waals surface area contributed by atoms with Crippen LogP contribution in [0, 0.1) is 0 Å². The van der Waals surface area contributed by atoms with Gasteiger partial charge in [-0.2, -0.15) is 0 Å². The van der Waals surface area contributed by atoms with E-state index in [4.69, 9.17) is 14.3 Å². The van der Waals surface area contributed by atoms with Gasteiger partial charge in [0.25, 0.3) is 0 Å². The van der Waals surface area contributed by atoms with E-state index in [-0.39, 0.29) is 0 Å². The first-order chi connectivity index (χ1) is 11.0. The average Bonchev–Trinajstić information content (AvgIpc) is 2.55. The molecule has 116 valence electrons. The number of para-hydroxylation sites is 1. The van der Waals surface area contributed by atoms with Gasteiger partial charge in [0.15, 0.2) is 6.10 Å². The van der Waals surface area contributed by atoms with E-state index in [2.05, 4.69) is 0 Å². The van der Waals surface area contributed by atoms with Gasteiger partial charge in [-0.1, -0.05) is 30.3 Å². The van der Waals surface area contributed by atoms with Crippen molar-refractivity contribution in [1.29, 1.82) is 0 Å². The third-order valence-corrected chi connectivity index (χ3v) is 3.47. The van der Waals surface area contributed by atoms with Gasteiger partial charge in [0.1, 0.15) is 11.3 Å². The molecule has 0 bridgehead atoms. The van der Waals surface area contributed by atoms with Crippen LogP contribution in [0.2, 0.25) is 0 Å². The molecule has 0 saturated heterocycles. The maximum atomic E-state index is 12.1. The van der Waals surface area contributed by atoms with Gasteiger partial charge in [0, 0.05) is 5.39 Å². The molecule has 1 heterocycles. The first-order valence-corrected chi connectivity index (χ1v) is 7.07. The highest BCUT2D eigenvalue weighted by Crippen LogP contribution is 2.23. The number of aliphatic carboxylic acids is 1. The zero-order valence-corrected chi connectivity index (χ0v) is 12.4. The molecule has 0 amide bonds. The van der Waals surface area contributed by atoms with Gasteiger partial charge >= 0.3 is 11.6 Å². The third kappa shape index (κ3) is 3.08. The molecule has 0 unspecified atom stereocenters. The number of rotatable bonds is 4. The van der Waals surface area contributed by atoms with Gasteiger partial charge in [-0.05, 0) is 36.8 Å². The number of carbonyl (C=O) groups is 1. The zero-order valence-electron chi connectivity index (χ0n) is 12.4. The fourth-order valence-corrected chi connectivity index (χ4v) is 2.23. The molecule has 1 atom stereocenters. The van der Waals surface area contributed by atoms with E-state index < -0.39 is 17.7 Å². The molecule has 0 spiro atoms. The molecular weight excluding hydrogens is 296 g/mol. The van der Waals surface area contributed by atoms with Crippen LogP contribution in [0.3, 0.4) is 0 Å². The lowest BCUT2D eigenvalue weighted by Gasteiger charge is -2.10. The van der Waals surface area contributed by atoms with Crippen molar-refractivity contribution in [2.24, 2.45) is 0 Å². The minimum absolute atomic E-state index is 0.420. The first kappa shape index (κ1) is 14.8. The number of fused-ring (bicyclic) bond motifs is 1. The topological polar surface area (TPSA) is 76.7 Å². The molecule has 0 radical (unpaired) electrons. The summed E-state index contributed by atoms with van der Waals surface area (Å²) < 4.78 is 10.6. The molecule has 1 N–H and O–H groups in total. The highest BCUT2D eigenvalue weighted by atomic mass is 16.5. The van der Waals surface area contributed by atoms with E-state index in [0.29, 0.717) is 22.5 Å². The van der Waals surface area contributed by atoms with Gasteiger partial charge in [0.2, 0.25) is 0 Å². The second-order valence-electron chi connectivity index (χ2n) is 5.11. The number of carboxylic acids is 1. The van der Waals surface area contributed by atoms with Crippen LogP contribution in [-0.4, -0.2) is 17.2 Å². The van der Waals surface area contributed by atoms with Gasteiger partial charge in [-0.25, -0.2) is 9.59 Å². The Labute approximate surface area is 131 Å². The van der Waals surface area contributed by atoms with Crippen LogP contribution >= 0.6 is 0 Å². The number of hydrogen-bond acceptors (Lipinski definition) is 4. The molecule has 5 heteroatoms. The van der Waals surface area contributed by atoms with Gasteiger partial charge in [-0.15, -0.1) is 0 Å². The van der Waals surface area contributed by atoms with E-state index in [0.717, 1.165) is 5.39 Å². The Balaban J connectivity index is 1.94. The summed E-state index contributed by atoms with van der Waals surface area (Å²) in [5.41, 5.74) is 1.24. The molecule has 0 saturated carbocycles. The number of hydrogen-bond donors (Lipinski definition) is 1. The van der Waals surface area contributed by atoms with Gasteiger partial charge in [0.05, 0.1) is 5.56 Å². The minimum Gasteiger partial charge on any atom is -0.479 e. The lowest BCUT2D eigenvalue weighted by atomic mass is 10.1. The highest BCUT2D eigenvalue weighted by molar-refractivity contribution is 5.81. The second kappa shape index (κ2) is 5.96. The maximum absolute atomic E-state index is 12.1. The summed E-state index contributed by atoms with van der Waals surface area (Å²) in [6.07, 6.45) is -0.938. The Morgan fingerprint density at radius 1 is 1.13 bits per heavy atom. The lowest BCUT2D eigenvalue weighted by molar-refractivity contribution is -0.144. The standard InChI is InChI=1S/C18H14O5/c1-11(17(19)20)22-14-8-6-12(7-9-14)15-10-13-4-2-3-5-16(13)23-18(15)21/h2-11H,1H3,(H,19,20)/t11-/m0/s1. The minimum atomic E-state index is -1.04. The van der Waals surface area contributed by atoms with E-state index >= 15 is 0 Å². The molecule has 0 aliphatic heterocycles. The normalized spacial score (nSPS) is 12.0. The second-order valence-corrected chi connectivity index (χ2v) is 5.11. The van der Waals surface area contributed by atoms with Crippen LogP contribution in [-0.2, 0) is 4.79 Å². The summed E-state index contributed by atoms with van der Waals surface area (Å²) in [7, 11) is 0. The van der Waals surface area contributed by atoms with Crippen molar-refractivity contribution >= 4 is 16.9 Å². The van der Waals surface area contributed by atoms with E-state index in [9.17, 15) is 9.59 Å². The predicted molar refractivity (Wildman–Crippen MR) is 85.6 cm³/mol. The molecule has 3 aromatic rings. The third-order valence-electron chi connectivity index (χ3n) is 3.47. The molecule has 1 aromatic heterocycles. The Bertz CT molecular complexity index is 909. The van der Waals surface area contributed by atoms with Crippen molar-refractivity contribution in [2.75, 3.05) is 0 Å². The fraction of sp³-hybridized carbons (Fsp3) is 0.111. The van der Waals surface area contributed by atoms with Gasteiger partial charge in [-0.3, -0.25) is 0 Å². The molecule has 0 aliphatic carbocycles. The summed E-state index contributed by atoms with van der Waals surface area (Å²) in [6.45, 7) is 1.45. The molecular formula is C18H14O5. The number of benzene rings is 2. The molecule has 0 fully saturated rings. The van der Waals surface area contributed by atoms with Crippen molar-refractivity contribution in [3.05, 3.63) is 65.0 Å². The van der Waals surface area contributed by atoms with Crippen LogP contribution in [0.25, 0.3) is 22.1 Å². The zero-order chi connectivity index (χ0) is 16.4. The Morgan fingerprint density at radius 3 is 2.52 bits per heavy atom. The van der Waals surface area contributed by atoms with E-state index in [1.54, 1.807) is 42.5 Å². The van der Waals surface area contributed by atoms with E-state index in [1.807, 2.05) is 12.1 Å². The fourth-order valence-electron chi connectivity index (χ4n) is 2.23. The van der Waals surface area contributed by atoms with Crippen molar-refractivity contribution < 1.29 is 19.1 Å². The molecule has 0 aliphatic rings. The van der Waals surface area contributed by atoms with Crippen LogP contribution in [0.15, 0.2) is 63.8 Å². The summed E-state index contributed by atoms with van der Waals surface area (Å²) in [4.78, 5) is 22.9. The summed E-state index contributed by atoms with van der Waals surface area (Å²) in [5, 5.41) is 9.67. The quantitative estimate of drug-likeness (QED) is 0.748. The van der Waals surface area contributed by atoms with Crippen LogP contribution < -0.4 is 10.4 Å². The Kier molecular flexibility index (Phi) is 3.85. The van der Waals surface area contributed by atoms with Crippen molar-refractivity contribution in [3.8, 4) is 16.9 Å².